The molecular weight excluding hydrogens is 701 g/mol. The molecule has 2 aromatic carbocycles. The molecule has 0 unspecified atom stereocenters. The van der Waals surface area contributed by atoms with Crippen molar-refractivity contribution in [2.45, 2.75) is 166 Å². The molecule has 0 spiro atoms. The summed E-state index contributed by atoms with van der Waals surface area (Å²) in [6, 6.07) is 4.38. The van der Waals surface area contributed by atoms with Crippen LogP contribution in [0, 0.1) is 30.2 Å². The van der Waals surface area contributed by atoms with Crippen LogP contribution in [0.1, 0.15) is 163 Å². The first-order valence-electron chi connectivity index (χ1n) is 19.3. The molecule has 0 heterocycles. The Balaban J connectivity index is 0.956. The molecule has 53 heavy (non-hydrogen) atoms. The molecule has 4 rings (SSSR count). The van der Waals surface area contributed by atoms with Crippen molar-refractivity contribution in [2.75, 3.05) is 0 Å². The van der Waals surface area contributed by atoms with Gasteiger partial charge in [0, 0.05) is 18.4 Å². The Morgan fingerprint density at radius 1 is 0.585 bits per heavy atom. The van der Waals surface area contributed by atoms with Crippen molar-refractivity contribution in [3.63, 3.8) is 0 Å². The smallest absolute Gasteiger partial charge is 0.422 e. The minimum atomic E-state index is -5.10. The molecule has 0 aliphatic heterocycles. The summed E-state index contributed by atoms with van der Waals surface area (Å²) in [6.45, 7) is 5.62. The van der Waals surface area contributed by atoms with E-state index in [1.807, 2.05) is 0 Å². The largest absolute Gasteiger partial charge is 0.462 e. The molecule has 0 bridgehead atoms. The fourth-order valence-corrected chi connectivity index (χ4v) is 7.64. The van der Waals surface area contributed by atoms with Crippen LogP contribution in [0.5, 0.6) is 0 Å². The lowest BCUT2D eigenvalue weighted by Crippen LogP contribution is -2.24. The molecule has 0 saturated heterocycles. The molecule has 2 saturated carbocycles. The predicted molar refractivity (Wildman–Crippen MR) is 189 cm³/mol. The first-order valence-corrected chi connectivity index (χ1v) is 19.3. The van der Waals surface area contributed by atoms with Crippen molar-refractivity contribution in [3.05, 3.63) is 81.9 Å². The van der Waals surface area contributed by atoms with Crippen LogP contribution in [-0.4, -0.2) is 24.1 Å². The Labute approximate surface area is 308 Å². The highest BCUT2D eigenvalue weighted by atomic mass is 19.4. The van der Waals surface area contributed by atoms with E-state index in [1.54, 1.807) is 0 Å². The molecule has 0 aromatic heterocycles. The quantitative estimate of drug-likeness (QED) is 0.0658. The number of allylic oxidation sites excluding steroid dienone is 1. The molecule has 0 radical (unpaired) electrons. The van der Waals surface area contributed by atoms with E-state index in [0.29, 0.717) is 63.4 Å². The highest BCUT2D eigenvalue weighted by molar-refractivity contribution is 5.69. The summed E-state index contributed by atoms with van der Waals surface area (Å²) in [7, 11) is 0. The van der Waals surface area contributed by atoms with E-state index < -0.39 is 35.0 Å². The van der Waals surface area contributed by atoms with E-state index in [2.05, 4.69) is 6.58 Å². The van der Waals surface area contributed by atoms with Crippen LogP contribution in [0.3, 0.4) is 0 Å². The topological polar surface area (TPSA) is 52.6 Å². The SMILES string of the molecule is C=C(CCCCCCC(=O)OC1CCC(c2cc(F)c(C)c(F)c2)CC1)CCCCCCC(=O)OC1CCC(c2cc(F)c(C(F)(F)F)c(F)c2)CC1. The predicted octanol–water partition coefficient (Wildman–Crippen LogP) is 12.6. The Hall–Kier alpha value is -3.37. The van der Waals surface area contributed by atoms with Gasteiger partial charge in [-0.25, -0.2) is 17.6 Å². The number of ether oxygens (including phenoxy) is 2. The van der Waals surface area contributed by atoms with Gasteiger partial charge in [0.1, 0.15) is 41.0 Å². The second kappa shape index (κ2) is 20.3. The highest BCUT2D eigenvalue weighted by Crippen LogP contribution is 2.39. The molecule has 2 aliphatic carbocycles. The van der Waals surface area contributed by atoms with Gasteiger partial charge in [0.05, 0.1) is 0 Å². The molecule has 0 atom stereocenters. The fraction of sp³-hybridized carbons (Fsp3) is 0.619. The number of carbonyl (C=O) groups excluding carboxylic acids is 2. The number of benzene rings is 2. The number of hydrogen-bond donors (Lipinski definition) is 0. The summed E-state index contributed by atoms with van der Waals surface area (Å²) in [5.74, 6) is -4.94. The van der Waals surface area contributed by atoms with E-state index in [1.165, 1.54) is 24.6 Å². The maximum Gasteiger partial charge on any atom is 0.422 e. The van der Waals surface area contributed by atoms with Crippen molar-refractivity contribution in [1.29, 1.82) is 0 Å². The van der Waals surface area contributed by atoms with Gasteiger partial charge in [-0.05, 0) is 144 Å². The summed E-state index contributed by atoms with van der Waals surface area (Å²) >= 11 is 0. The maximum atomic E-state index is 14.0. The standard InChI is InChI=1S/C42H53F7O4/c1-27(11-7-3-5-9-13-39(50)52-33-19-15-29(16-20-33)31-23-35(43)28(2)36(44)24-31)12-8-4-6-10-14-40(51)53-34-21-17-30(18-22-34)32-25-37(45)41(38(46)26-32)42(47,48)49/h23-26,29-30,33-34H,1,3-22H2,2H3. The normalized spacial score (nSPS) is 20.6. The third kappa shape index (κ3) is 13.5. The maximum absolute atomic E-state index is 14.0. The van der Waals surface area contributed by atoms with Crippen LogP contribution in [0.15, 0.2) is 36.4 Å². The number of alkyl halides is 3. The van der Waals surface area contributed by atoms with E-state index >= 15 is 0 Å². The monoisotopic (exact) mass is 754 g/mol. The van der Waals surface area contributed by atoms with Crippen molar-refractivity contribution < 1.29 is 49.8 Å². The lowest BCUT2D eigenvalue weighted by Gasteiger charge is -2.29. The first kappa shape index (κ1) is 42.4. The summed E-state index contributed by atoms with van der Waals surface area (Å²) in [4.78, 5) is 24.7. The Morgan fingerprint density at radius 2 is 0.925 bits per heavy atom. The van der Waals surface area contributed by atoms with Crippen LogP contribution in [-0.2, 0) is 25.2 Å². The lowest BCUT2D eigenvalue weighted by molar-refractivity contribution is -0.151. The van der Waals surface area contributed by atoms with Gasteiger partial charge in [0.2, 0.25) is 0 Å². The summed E-state index contributed by atoms with van der Waals surface area (Å²) in [5.41, 5.74) is 0.240. The summed E-state index contributed by atoms with van der Waals surface area (Å²) in [5, 5.41) is 0. The molecule has 2 fully saturated rings. The number of carbonyl (C=O) groups is 2. The number of hydrogen-bond acceptors (Lipinski definition) is 4. The minimum Gasteiger partial charge on any atom is -0.462 e. The van der Waals surface area contributed by atoms with Crippen LogP contribution >= 0.6 is 0 Å². The van der Waals surface area contributed by atoms with E-state index in [9.17, 15) is 40.3 Å². The number of esters is 2. The second-order valence-corrected chi connectivity index (χ2v) is 15.0. The van der Waals surface area contributed by atoms with Gasteiger partial charge < -0.3 is 9.47 Å². The molecule has 11 heteroatoms. The zero-order valence-corrected chi connectivity index (χ0v) is 30.7. The Kier molecular flexibility index (Phi) is 16.3. The Morgan fingerprint density at radius 3 is 1.28 bits per heavy atom. The van der Waals surface area contributed by atoms with Crippen LogP contribution in [0.4, 0.5) is 30.7 Å². The van der Waals surface area contributed by atoms with Gasteiger partial charge in [-0.3, -0.25) is 9.59 Å². The van der Waals surface area contributed by atoms with E-state index in [0.717, 1.165) is 82.8 Å². The average Bonchev–Trinajstić information content (AvgIpc) is 3.09. The van der Waals surface area contributed by atoms with Gasteiger partial charge in [0.25, 0.3) is 0 Å². The molecule has 0 amide bonds. The molecule has 4 nitrogen and oxygen atoms in total. The summed E-state index contributed by atoms with van der Waals surface area (Å²) < 4.78 is 106. The third-order valence-corrected chi connectivity index (χ3v) is 10.9. The molecular formula is C42H53F7O4. The Bertz CT molecular complexity index is 1480. The minimum absolute atomic E-state index is 0.0367. The number of rotatable bonds is 18. The molecule has 294 valence electrons. The van der Waals surface area contributed by atoms with Crippen LogP contribution in [0.25, 0.3) is 0 Å². The molecule has 2 aromatic rings. The van der Waals surface area contributed by atoms with Crippen LogP contribution in [0.2, 0.25) is 0 Å². The second-order valence-electron chi connectivity index (χ2n) is 15.0. The van der Waals surface area contributed by atoms with Crippen LogP contribution < -0.4 is 0 Å². The average molecular weight is 755 g/mol. The molecule has 0 N–H and O–H groups in total. The van der Waals surface area contributed by atoms with Gasteiger partial charge in [-0.2, -0.15) is 13.2 Å². The van der Waals surface area contributed by atoms with Gasteiger partial charge in [-0.15, -0.1) is 0 Å². The fourth-order valence-electron chi connectivity index (χ4n) is 7.64. The van der Waals surface area contributed by atoms with E-state index in [-0.39, 0.29) is 47.1 Å². The van der Waals surface area contributed by atoms with Gasteiger partial charge in [-0.1, -0.05) is 37.8 Å². The number of unbranched alkanes of at least 4 members (excludes halogenated alkanes) is 6. The number of halogens is 7. The third-order valence-electron chi connectivity index (χ3n) is 10.9. The molecule has 2 aliphatic rings. The summed E-state index contributed by atoms with van der Waals surface area (Å²) in [6.07, 6.45) is 9.14. The zero-order chi connectivity index (χ0) is 38.5. The van der Waals surface area contributed by atoms with Crippen molar-refractivity contribution in [3.8, 4) is 0 Å². The van der Waals surface area contributed by atoms with Gasteiger partial charge >= 0.3 is 18.1 Å². The highest BCUT2D eigenvalue weighted by Gasteiger charge is 2.38. The first-order chi connectivity index (χ1) is 25.2. The van der Waals surface area contributed by atoms with E-state index in [4.69, 9.17) is 9.47 Å². The van der Waals surface area contributed by atoms with Crippen molar-refractivity contribution in [2.24, 2.45) is 0 Å². The van der Waals surface area contributed by atoms with Gasteiger partial charge in [0.15, 0.2) is 0 Å². The van der Waals surface area contributed by atoms with Crippen molar-refractivity contribution >= 4 is 11.9 Å². The lowest BCUT2D eigenvalue weighted by atomic mass is 9.82. The van der Waals surface area contributed by atoms with Crippen molar-refractivity contribution in [1.82, 2.24) is 0 Å². The zero-order valence-electron chi connectivity index (χ0n) is 30.7.